The standard InChI is InChI=1S/C19H20N2O2S/c1-12-8-20-19(24-12)7-18(23)16-10-21(9-13-2-3-13)17-6-14(11-22)4-5-15(16)17/h4-6,8,10,13,22H,2-3,7,9,11H2,1H3. The maximum absolute atomic E-state index is 12.8. The summed E-state index contributed by atoms with van der Waals surface area (Å²) in [6, 6.07) is 5.86. The van der Waals surface area contributed by atoms with Crippen molar-refractivity contribution in [1.82, 2.24) is 9.55 Å². The summed E-state index contributed by atoms with van der Waals surface area (Å²) in [5, 5.41) is 11.3. The largest absolute Gasteiger partial charge is 0.392 e. The molecule has 2 aromatic heterocycles. The minimum absolute atomic E-state index is 0.0201. The summed E-state index contributed by atoms with van der Waals surface area (Å²) >= 11 is 1.58. The molecule has 124 valence electrons. The van der Waals surface area contributed by atoms with Gasteiger partial charge in [0.2, 0.25) is 0 Å². The third-order valence-electron chi connectivity index (χ3n) is 4.56. The van der Waals surface area contributed by atoms with Crippen LogP contribution in [0.15, 0.2) is 30.6 Å². The summed E-state index contributed by atoms with van der Waals surface area (Å²) in [5.74, 6) is 0.837. The Morgan fingerprint density at radius 2 is 2.25 bits per heavy atom. The fraction of sp³-hybridized carbons (Fsp3) is 0.368. The molecule has 1 aliphatic carbocycles. The fourth-order valence-electron chi connectivity index (χ4n) is 3.10. The minimum Gasteiger partial charge on any atom is -0.392 e. The SMILES string of the molecule is Cc1cnc(CC(=O)c2cn(CC3CC3)c3cc(CO)ccc23)s1. The highest BCUT2D eigenvalue weighted by Crippen LogP contribution is 2.33. The van der Waals surface area contributed by atoms with Crippen molar-refractivity contribution in [2.75, 3.05) is 0 Å². The van der Waals surface area contributed by atoms with Crippen molar-refractivity contribution in [3.8, 4) is 0 Å². The second-order valence-electron chi connectivity index (χ2n) is 6.61. The molecule has 1 aliphatic rings. The molecule has 0 saturated heterocycles. The Labute approximate surface area is 144 Å². The van der Waals surface area contributed by atoms with E-state index in [0.717, 1.165) is 44.4 Å². The lowest BCUT2D eigenvalue weighted by Crippen LogP contribution is -2.03. The van der Waals surface area contributed by atoms with Crippen LogP contribution in [0.2, 0.25) is 0 Å². The van der Waals surface area contributed by atoms with Gasteiger partial charge in [0.05, 0.1) is 13.0 Å². The van der Waals surface area contributed by atoms with E-state index in [1.165, 1.54) is 12.8 Å². The van der Waals surface area contributed by atoms with Crippen LogP contribution in [-0.2, 0) is 19.6 Å². The van der Waals surface area contributed by atoms with Crippen LogP contribution in [0.5, 0.6) is 0 Å². The van der Waals surface area contributed by atoms with Gasteiger partial charge in [-0.1, -0.05) is 12.1 Å². The topological polar surface area (TPSA) is 55.1 Å². The van der Waals surface area contributed by atoms with Gasteiger partial charge in [-0.3, -0.25) is 4.79 Å². The third kappa shape index (κ3) is 3.01. The highest BCUT2D eigenvalue weighted by Gasteiger charge is 2.24. The smallest absolute Gasteiger partial charge is 0.171 e. The van der Waals surface area contributed by atoms with Crippen molar-refractivity contribution in [1.29, 1.82) is 0 Å². The van der Waals surface area contributed by atoms with E-state index in [-0.39, 0.29) is 12.4 Å². The molecule has 1 aromatic carbocycles. The summed E-state index contributed by atoms with van der Waals surface area (Å²) in [4.78, 5) is 18.2. The summed E-state index contributed by atoms with van der Waals surface area (Å²) in [6.07, 6.45) is 6.69. The zero-order chi connectivity index (χ0) is 16.7. The van der Waals surface area contributed by atoms with Crippen molar-refractivity contribution >= 4 is 28.0 Å². The molecule has 1 fully saturated rings. The van der Waals surface area contributed by atoms with Crippen LogP contribution in [0, 0.1) is 12.8 Å². The number of aliphatic hydroxyl groups excluding tert-OH is 1. The molecule has 0 radical (unpaired) electrons. The number of Topliss-reactive ketones (excluding diaryl/α,β-unsaturated/α-hetero) is 1. The predicted molar refractivity (Wildman–Crippen MR) is 95.5 cm³/mol. The van der Waals surface area contributed by atoms with E-state index in [1.54, 1.807) is 11.3 Å². The molecule has 0 amide bonds. The van der Waals surface area contributed by atoms with E-state index >= 15 is 0 Å². The molecular formula is C19H20N2O2S. The Kier molecular flexibility index (Phi) is 3.98. The zero-order valence-electron chi connectivity index (χ0n) is 13.7. The van der Waals surface area contributed by atoms with Crippen LogP contribution in [0.4, 0.5) is 0 Å². The van der Waals surface area contributed by atoms with Crippen LogP contribution in [0.1, 0.15) is 38.6 Å². The molecule has 24 heavy (non-hydrogen) atoms. The van der Waals surface area contributed by atoms with Crippen LogP contribution in [-0.4, -0.2) is 20.4 Å². The Morgan fingerprint density at radius 3 is 2.92 bits per heavy atom. The van der Waals surface area contributed by atoms with Crippen LogP contribution < -0.4 is 0 Å². The van der Waals surface area contributed by atoms with Crippen molar-refractivity contribution < 1.29 is 9.90 Å². The van der Waals surface area contributed by atoms with Gasteiger partial charge in [0, 0.05) is 40.3 Å². The lowest BCUT2D eigenvalue weighted by molar-refractivity contribution is 0.0994. The quantitative estimate of drug-likeness (QED) is 0.696. The predicted octanol–water partition coefficient (Wildman–Crippen LogP) is 3.73. The first-order chi connectivity index (χ1) is 11.6. The minimum atomic E-state index is 0.0201. The Balaban J connectivity index is 1.72. The van der Waals surface area contributed by atoms with Crippen LogP contribution in [0.25, 0.3) is 10.9 Å². The van der Waals surface area contributed by atoms with Gasteiger partial charge in [-0.25, -0.2) is 4.98 Å². The average Bonchev–Trinajstić information content (AvgIpc) is 3.20. The van der Waals surface area contributed by atoms with Crippen molar-refractivity contribution in [2.45, 2.75) is 39.3 Å². The van der Waals surface area contributed by atoms with Crippen molar-refractivity contribution in [2.24, 2.45) is 5.92 Å². The maximum Gasteiger partial charge on any atom is 0.171 e. The number of carbonyl (C=O) groups is 1. The molecule has 4 nitrogen and oxygen atoms in total. The molecule has 0 aliphatic heterocycles. The average molecular weight is 340 g/mol. The Hall–Kier alpha value is -1.98. The third-order valence-corrected chi connectivity index (χ3v) is 5.48. The van der Waals surface area contributed by atoms with Gasteiger partial charge in [-0.05, 0) is 37.3 Å². The molecule has 4 rings (SSSR count). The first kappa shape index (κ1) is 15.5. The number of aliphatic hydroxyl groups is 1. The van der Waals surface area contributed by atoms with Gasteiger partial charge in [-0.2, -0.15) is 0 Å². The Bertz CT molecular complexity index is 905. The molecule has 0 spiro atoms. The molecule has 5 heteroatoms. The normalized spacial score (nSPS) is 14.4. The highest BCUT2D eigenvalue weighted by molar-refractivity contribution is 7.11. The number of carbonyl (C=O) groups excluding carboxylic acids is 1. The molecule has 1 N–H and O–H groups in total. The van der Waals surface area contributed by atoms with Crippen LogP contribution in [0.3, 0.4) is 0 Å². The lowest BCUT2D eigenvalue weighted by atomic mass is 10.1. The molecule has 0 bridgehead atoms. The second kappa shape index (κ2) is 6.15. The van der Waals surface area contributed by atoms with Crippen LogP contribution >= 0.6 is 11.3 Å². The van der Waals surface area contributed by atoms with E-state index < -0.39 is 0 Å². The van der Waals surface area contributed by atoms with E-state index in [1.807, 2.05) is 37.5 Å². The molecule has 3 aromatic rings. The van der Waals surface area contributed by atoms with Gasteiger partial charge >= 0.3 is 0 Å². The fourth-order valence-corrected chi connectivity index (χ4v) is 3.89. The number of aryl methyl sites for hydroxylation is 1. The highest BCUT2D eigenvalue weighted by atomic mass is 32.1. The first-order valence-corrected chi connectivity index (χ1v) is 9.13. The molecule has 0 unspecified atom stereocenters. The van der Waals surface area contributed by atoms with Gasteiger partial charge in [0.15, 0.2) is 5.78 Å². The number of ketones is 1. The number of fused-ring (bicyclic) bond motifs is 1. The summed E-state index contributed by atoms with van der Waals surface area (Å²) in [6.45, 7) is 2.98. The van der Waals surface area contributed by atoms with E-state index in [4.69, 9.17) is 0 Å². The van der Waals surface area contributed by atoms with Gasteiger partial charge in [-0.15, -0.1) is 11.3 Å². The summed E-state index contributed by atoms with van der Waals surface area (Å²) in [5.41, 5.74) is 2.70. The van der Waals surface area contributed by atoms with Gasteiger partial charge < -0.3 is 9.67 Å². The number of thiazole rings is 1. The van der Waals surface area contributed by atoms with Gasteiger partial charge in [0.25, 0.3) is 0 Å². The number of benzene rings is 1. The molecule has 0 atom stereocenters. The maximum atomic E-state index is 12.8. The second-order valence-corrected chi connectivity index (χ2v) is 7.93. The zero-order valence-corrected chi connectivity index (χ0v) is 14.5. The van der Waals surface area contributed by atoms with Crippen molar-refractivity contribution in [3.05, 3.63) is 51.6 Å². The number of hydrogen-bond donors (Lipinski definition) is 1. The lowest BCUT2D eigenvalue weighted by Gasteiger charge is -2.04. The number of rotatable bonds is 6. The first-order valence-electron chi connectivity index (χ1n) is 8.31. The van der Waals surface area contributed by atoms with E-state index in [0.29, 0.717) is 6.42 Å². The molecule has 2 heterocycles. The monoisotopic (exact) mass is 340 g/mol. The Morgan fingerprint density at radius 1 is 1.42 bits per heavy atom. The van der Waals surface area contributed by atoms with E-state index in [9.17, 15) is 9.90 Å². The number of aromatic nitrogens is 2. The number of hydrogen-bond acceptors (Lipinski definition) is 4. The summed E-state index contributed by atoms with van der Waals surface area (Å²) in [7, 11) is 0. The summed E-state index contributed by atoms with van der Waals surface area (Å²) < 4.78 is 2.19. The van der Waals surface area contributed by atoms with Gasteiger partial charge in [0.1, 0.15) is 5.01 Å². The van der Waals surface area contributed by atoms with E-state index in [2.05, 4.69) is 9.55 Å². The van der Waals surface area contributed by atoms with Crippen molar-refractivity contribution in [3.63, 3.8) is 0 Å². The molecular weight excluding hydrogens is 320 g/mol. The molecule has 1 saturated carbocycles. The number of nitrogens with zero attached hydrogens (tertiary/aromatic N) is 2.